The molecule has 0 aliphatic heterocycles. The van der Waals surface area contributed by atoms with Gasteiger partial charge in [-0.3, -0.25) is 4.21 Å². The Balaban J connectivity index is 0.000000753. The number of rotatable bonds is 20. The molecule has 4 rings (SSSR count). The summed E-state index contributed by atoms with van der Waals surface area (Å²) in [6.45, 7) is 6.78. The second kappa shape index (κ2) is 35.3. The minimum atomic E-state index is -1.000. The van der Waals surface area contributed by atoms with Gasteiger partial charge in [-0.15, -0.1) is 9.83 Å². The Bertz CT molecular complexity index is 1100. The average Bonchev–Trinajstić information content (AvgIpc) is 3.72. The Morgan fingerprint density at radius 3 is 1.06 bits per heavy atom. The Morgan fingerprint density at radius 1 is 0.521 bits per heavy atom. The van der Waals surface area contributed by atoms with Gasteiger partial charge in [-0.1, -0.05) is 219 Å². The smallest absolute Gasteiger partial charge is 0.0767 e. The third-order valence-electron chi connectivity index (χ3n) is 7.76. The summed E-state index contributed by atoms with van der Waals surface area (Å²) in [4.78, 5) is 0. The van der Waals surface area contributed by atoms with Gasteiger partial charge in [-0.2, -0.15) is 0 Å². The Kier molecular flexibility index (Phi) is 34.1. The fourth-order valence-electron chi connectivity index (χ4n) is 5.27. The van der Waals surface area contributed by atoms with Crippen molar-refractivity contribution in [2.45, 2.75) is 110 Å². The Labute approximate surface area is 315 Å². The topological polar surface area (TPSA) is 37.0 Å². The van der Waals surface area contributed by atoms with Crippen LogP contribution in [0.25, 0.3) is 0 Å². The summed E-state index contributed by atoms with van der Waals surface area (Å²) in [5, 5.41) is 4.19. The number of unbranched alkanes of at least 4 members (excludes halogenated alkanes) is 15. The van der Waals surface area contributed by atoms with E-state index in [-0.39, 0.29) is 19.5 Å². The minimum absolute atomic E-state index is 0. The van der Waals surface area contributed by atoms with Gasteiger partial charge in [0.2, 0.25) is 0 Å². The molecule has 2 radical (unpaired) electrons. The normalized spacial score (nSPS) is 11.6. The van der Waals surface area contributed by atoms with E-state index in [1.807, 2.05) is 30.7 Å². The van der Waals surface area contributed by atoms with E-state index in [2.05, 4.69) is 116 Å². The summed E-state index contributed by atoms with van der Waals surface area (Å²) in [5.74, 6) is 0.716. The predicted molar refractivity (Wildman–Crippen MR) is 212 cm³/mol. The van der Waals surface area contributed by atoms with E-state index < -0.39 is 17.8 Å². The number of hydrogen-bond donors (Lipinski definition) is 0. The molecular weight excluding hydrogens is 733 g/mol. The molecule has 48 heavy (non-hydrogen) atoms. The van der Waals surface area contributed by atoms with Gasteiger partial charge in [-0.05, 0) is 36.0 Å². The minimum Gasteiger partial charge on any atom is -0.0767 e. The molecule has 1 aliphatic carbocycles. The third-order valence-corrected chi connectivity index (χ3v) is 11.3. The first kappa shape index (κ1) is 46.4. The predicted octanol–water partition coefficient (Wildman–Crippen LogP) is 11.2. The zero-order valence-corrected chi connectivity index (χ0v) is 33.3. The molecule has 0 amide bonds. The largest absolute Gasteiger partial charge is 1.00 e. The maximum atomic E-state index is 10.7. The quantitative estimate of drug-likeness (QED) is 0.0217. The van der Waals surface area contributed by atoms with Crippen LogP contribution >= 0.6 is 7.92 Å². The first-order valence-corrected chi connectivity index (χ1v) is 21.2. The van der Waals surface area contributed by atoms with Crippen LogP contribution in [0.1, 0.15) is 110 Å². The van der Waals surface area contributed by atoms with Crippen molar-refractivity contribution in [3.63, 3.8) is 0 Å². The van der Waals surface area contributed by atoms with E-state index in [0.717, 1.165) is 6.42 Å². The third kappa shape index (κ3) is 25.4. The van der Waals surface area contributed by atoms with Crippen LogP contribution in [0.2, 0.25) is 0 Å². The van der Waals surface area contributed by atoms with Crippen molar-refractivity contribution in [1.82, 2.24) is 0 Å². The van der Waals surface area contributed by atoms with E-state index >= 15 is 0 Å². The van der Waals surface area contributed by atoms with Crippen LogP contribution in [0.3, 0.4) is 0 Å². The van der Waals surface area contributed by atoms with Gasteiger partial charge in [0, 0.05) is 6.42 Å². The van der Waals surface area contributed by atoms with Crippen LogP contribution in [0, 0.1) is 13.1 Å². The summed E-state index contributed by atoms with van der Waals surface area (Å²) < 4.78 is 18.2. The molecule has 1 aliphatic rings. The van der Waals surface area contributed by atoms with Crippen molar-refractivity contribution >= 4 is 45.3 Å². The van der Waals surface area contributed by atoms with E-state index in [0.29, 0.717) is 5.75 Å². The standard InChI is InChI=1S/C18H38OS2.C18H15P.C5H5.CO.Ru/c1-2-3-4-5-6-7-8-9-10-11-12-13-14-15-16-17-18-21(19)20;1-4-10-16(11-5-1)19(17-12-6-2-7-13-17)18-14-8-3-9-15-18;1-2-4-5-3-1;1-2;/h2-18H2,1H3,(H,19,20);1-15H;1-5H;;/q;;;;+1/p-1. The average molecular weight is 790 g/mol. The number of allylic oxidation sites excluding steroid dienone is 4. The number of benzene rings is 3. The van der Waals surface area contributed by atoms with Gasteiger partial charge in [0.1, 0.15) is 0 Å². The SMILES string of the molecule is CCCCCCCCCCCCCCCCCCS(=O)[S-].[C-]#[O+].[CH]1C=CC=C1.[Ru+].c1ccc(P(c2ccccc2)c2ccccc2)cc1. The van der Waals surface area contributed by atoms with Crippen molar-refractivity contribution in [3.05, 3.63) is 128 Å². The van der Waals surface area contributed by atoms with Gasteiger partial charge in [0.05, 0.1) is 0 Å². The molecular formula is C42H57O2PRuS2. The monoisotopic (exact) mass is 790 g/mol. The van der Waals surface area contributed by atoms with Crippen LogP contribution in [-0.4, -0.2) is 9.96 Å². The first-order chi connectivity index (χ1) is 23.2. The molecule has 0 bridgehead atoms. The van der Waals surface area contributed by atoms with Crippen LogP contribution < -0.4 is 15.9 Å². The van der Waals surface area contributed by atoms with Crippen molar-refractivity contribution in [2.75, 3.05) is 5.75 Å². The van der Waals surface area contributed by atoms with Crippen LogP contribution in [-0.2, 0) is 45.6 Å². The maximum Gasteiger partial charge on any atom is 1.00 e. The molecule has 0 spiro atoms. The summed E-state index contributed by atoms with van der Waals surface area (Å²) in [6, 6.07) is 32.3. The molecule has 0 N–H and O–H groups in total. The molecule has 0 heterocycles. The second-order valence-electron chi connectivity index (χ2n) is 11.6. The van der Waals surface area contributed by atoms with E-state index in [1.54, 1.807) is 0 Å². The first-order valence-electron chi connectivity index (χ1n) is 17.6. The van der Waals surface area contributed by atoms with Crippen molar-refractivity contribution in [1.29, 1.82) is 0 Å². The summed E-state index contributed by atoms with van der Waals surface area (Å²) in [5.41, 5.74) is 0. The van der Waals surface area contributed by atoms with Gasteiger partial charge in [0.25, 0.3) is 0 Å². The molecule has 3 aromatic carbocycles. The van der Waals surface area contributed by atoms with Gasteiger partial charge < -0.3 is 11.7 Å². The molecule has 0 fully saturated rings. The Morgan fingerprint density at radius 2 is 0.812 bits per heavy atom. The fourth-order valence-corrected chi connectivity index (χ4v) is 8.37. The van der Waals surface area contributed by atoms with Crippen LogP contribution in [0.15, 0.2) is 115 Å². The second-order valence-corrected chi connectivity index (χ2v) is 16.0. The fraction of sp³-hybridized carbons (Fsp3) is 0.429. The van der Waals surface area contributed by atoms with Crippen molar-refractivity contribution in [3.8, 4) is 0 Å². The van der Waals surface area contributed by atoms with E-state index in [4.69, 9.17) is 4.65 Å². The summed E-state index contributed by atoms with van der Waals surface area (Å²) in [6.07, 6.45) is 32.0. The molecule has 262 valence electrons. The molecule has 0 saturated heterocycles. The molecule has 1 unspecified atom stereocenters. The zero-order valence-electron chi connectivity index (χ0n) is 29.0. The van der Waals surface area contributed by atoms with Crippen LogP contribution in [0.4, 0.5) is 0 Å². The van der Waals surface area contributed by atoms with Gasteiger partial charge >= 0.3 is 30.8 Å². The number of hydrogen-bond acceptors (Lipinski definition) is 2. The summed E-state index contributed by atoms with van der Waals surface area (Å²) in [7, 11) is -1.45. The molecule has 2 nitrogen and oxygen atoms in total. The van der Waals surface area contributed by atoms with E-state index in [1.165, 1.54) is 112 Å². The Hall–Kier alpha value is -1.57. The van der Waals surface area contributed by atoms with E-state index in [9.17, 15) is 4.21 Å². The molecule has 0 aromatic heterocycles. The molecule has 6 heteroatoms. The van der Waals surface area contributed by atoms with Crippen molar-refractivity contribution in [2.24, 2.45) is 0 Å². The molecule has 0 saturated carbocycles. The summed E-state index contributed by atoms with van der Waals surface area (Å²) >= 11 is 4.66. The molecule has 3 aromatic rings. The van der Waals surface area contributed by atoms with Gasteiger partial charge in [-0.25, -0.2) is 0 Å². The van der Waals surface area contributed by atoms with Crippen LogP contribution in [0.5, 0.6) is 0 Å². The van der Waals surface area contributed by atoms with Crippen molar-refractivity contribution < 1.29 is 28.3 Å². The molecule has 1 atom stereocenters. The zero-order chi connectivity index (χ0) is 34.0. The maximum absolute atomic E-state index is 10.7. The van der Waals surface area contributed by atoms with Gasteiger partial charge in [0.15, 0.2) is 0 Å².